The van der Waals surface area contributed by atoms with Gasteiger partial charge in [-0.3, -0.25) is 0 Å². The molecule has 6 heteroatoms. The van der Waals surface area contributed by atoms with Crippen molar-refractivity contribution in [3.63, 3.8) is 0 Å². The molecule has 0 atom stereocenters. The van der Waals surface area contributed by atoms with Crippen LogP contribution in [0.1, 0.15) is 20.8 Å². The van der Waals surface area contributed by atoms with Gasteiger partial charge >= 0.3 is 6.09 Å². The minimum absolute atomic E-state index is 0.0376. The molecule has 0 saturated heterocycles. The highest BCUT2D eigenvalue weighted by molar-refractivity contribution is 5.68. The maximum absolute atomic E-state index is 11.5. The number of rotatable bonds is 6. The minimum Gasteiger partial charge on any atom is -0.504 e. The number of phenolic OH excluding ortho intramolecular Hbond substituents is 1. The molecule has 0 aliphatic heterocycles. The Balaban J connectivity index is 1.88. The highest BCUT2D eigenvalue weighted by Gasteiger charge is 2.15. The molecule has 0 bridgehead atoms. The smallest absolute Gasteiger partial charge is 0.407 e. The van der Waals surface area contributed by atoms with E-state index in [1.807, 2.05) is 30.3 Å². The number of hydrogen-bond acceptors (Lipinski definition) is 5. The molecule has 0 radical (unpaired) electrons. The molecule has 0 spiro atoms. The van der Waals surface area contributed by atoms with Gasteiger partial charge in [0.05, 0.1) is 13.7 Å². The number of methoxy groups -OCH3 is 1. The van der Waals surface area contributed by atoms with Crippen LogP contribution in [0.15, 0.2) is 42.5 Å². The summed E-state index contributed by atoms with van der Waals surface area (Å²) in [5.74, 6) is 1.17. The number of hydrogen-bond donors (Lipinski definition) is 2. The third kappa shape index (κ3) is 5.88. The van der Waals surface area contributed by atoms with Crippen molar-refractivity contribution >= 4 is 6.09 Å². The zero-order valence-electron chi connectivity index (χ0n) is 15.5. The molecule has 0 heterocycles. The lowest BCUT2D eigenvalue weighted by Gasteiger charge is -2.19. The molecule has 0 saturated carbocycles. The normalized spacial score (nSPS) is 10.9. The lowest BCUT2D eigenvalue weighted by molar-refractivity contribution is 0.0520. The number of ether oxygens (including phenoxy) is 3. The fraction of sp³-hybridized carbons (Fsp3) is 0.350. The van der Waals surface area contributed by atoms with Gasteiger partial charge in [-0.05, 0) is 56.2 Å². The van der Waals surface area contributed by atoms with Crippen LogP contribution in [0.2, 0.25) is 0 Å². The quantitative estimate of drug-likeness (QED) is 0.763. The Morgan fingerprint density at radius 2 is 1.73 bits per heavy atom. The molecule has 6 nitrogen and oxygen atoms in total. The predicted molar refractivity (Wildman–Crippen MR) is 99.8 cm³/mol. The highest BCUT2D eigenvalue weighted by Crippen LogP contribution is 2.32. The van der Waals surface area contributed by atoms with Crippen molar-refractivity contribution in [2.45, 2.75) is 26.4 Å². The second-order valence-electron chi connectivity index (χ2n) is 6.69. The van der Waals surface area contributed by atoms with E-state index in [1.54, 1.807) is 40.0 Å². The molecular formula is C20H25NO5. The predicted octanol–water partition coefficient (Wildman–Crippen LogP) is 3.97. The van der Waals surface area contributed by atoms with E-state index < -0.39 is 11.7 Å². The van der Waals surface area contributed by atoms with Gasteiger partial charge in [-0.2, -0.15) is 0 Å². The Morgan fingerprint density at radius 1 is 1.08 bits per heavy atom. The zero-order chi connectivity index (χ0) is 19.2. The average molecular weight is 359 g/mol. The molecule has 0 aliphatic rings. The van der Waals surface area contributed by atoms with Crippen molar-refractivity contribution in [2.75, 3.05) is 20.3 Å². The summed E-state index contributed by atoms with van der Waals surface area (Å²) in [5, 5.41) is 12.8. The van der Waals surface area contributed by atoms with Gasteiger partial charge in [0.15, 0.2) is 11.5 Å². The van der Waals surface area contributed by atoms with Crippen LogP contribution in [0.4, 0.5) is 4.79 Å². The van der Waals surface area contributed by atoms with Crippen molar-refractivity contribution < 1.29 is 24.1 Å². The molecule has 0 unspecified atom stereocenters. The number of aromatic hydroxyl groups is 1. The van der Waals surface area contributed by atoms with E-state index in [0.717, 1.165) is 16.9 Å². The molecule has 0 aliphatic carbocycles. The first-order chi connectivity index (χ1) is 12.3. The van der Waals surface area contributed by atoms with Gasteiger partial charge in [-0.25, -0.2) is 4.79 Å². The Hall–Kier alpha value is -2.89. The Kier molecular flexibility index (Phi) is 6.33. The first kappa shape index (κ1) is 19.4. The number of benzene rings is 2. The van der Waals surface area contributed by atoms with Crippen molar-refractivity contribution in [1.29, 1.82) is 0 Å². The second-order valence-corrected chi connectivity index (χ2v) is 6.69. The van der Waals surface area contributed by atoms with Crippen molar-refractivity contribution in [3.8, 4) is 28.4 Å². The van der Waals surface area contributed by atoms with Crippen LogP contribution in [0.5, 0.6) is 17.2 Å². The van der Waals surface area contributed by atoms with Crippen molar-refractivity contribution in [2.24, 2.45) is 0 Å². The summed E-state index contributed by atoms with van der Waals surface area (Å²) in [6.07, 6.45) is -0.500. The molecule has 0 aromatic heterocycles. The molecule has 140 valence electrons. The number of amides is 1. The van der Waals surface area contributed by atoms with Gasteiger partial charge in [0, 0.05) is 0 Å². The fourth-order valence-electron chi connectivity index (χ4n) is 2.23. The van der Waals surface area contributed by atoms with Crippen LogP contribution in [-0.2, 0) is 4.74 Å². The van der Waals surface area contributed by atoms with Gasteiger partial charge in [0.25, 0.3) is 0 Å². The van der Waals surface area contributed by atoms with Gasteiger partial charge < -0.3 is 24.6 Å². The zero-order valence-corrected chi connectivity index (χ0v) is 15.5. The van der Waals surface area contributed by atoms with Gasteiger partial charge in [0.1, 0.15) is 18.0 Å². The molecule has 1 amide bonds. The summed E-state index contributed by atoms with van der Waals surface area (Å²) in [4.78, 5) is 11.5. The summed E-state index contributed by atoms with van der Waals surface area (Å²) in [6.45, 7) is 5.88. The van der Waals surface area contributed by atoms with E-state index in [0.29, 0.717) is 5.75 Å². The van der Waals surface area contributed by atoms with E-state index in [4.69, 9.17) is 14.2 Å². The van der Waals surface area contributed by atoms with Crippen LogP contribution < -0.4 is 14.8 Å². The summed E-state index contributed by atoms with van der Waals surface area (Å²) in [7, 11) is 1.62. The largest absolute Gasteiger partial charge is 0.504 e. The van der Waals surface area contributed by atoms with Crippen molar-refractivity contribution in [3.05, 3.63) is 42.5 Å². The molecule has 2 aromatic carbocycles. The van der Waals surface area contributed by atoms with E-state index in [2.05, 4.69) is 5.32 Å². The molecule has 26 heavy (non-hydrogen) atoms. The van der Waals surface area contributed by atoms with E-state index in [-0.39, 0.29) is 18.9 Å². The Labute approximate surface area is 153 Å². The van der Waals surface area contributed by atoms with Crippen molar-refractivity contribution in [1.82, 2.24) is 5.32 Å². The maximum atomic E-state index is 11.5. The fourth-order valence-corrected chi connectivity index (χ4v) is 2.23. The molecular weight excluding hydrogens is 334 g/mol. The van der Waals surface area contributed by atoms with E-state index in [1.165, 1.54) is 0 Å². The van der Waals surface area contributed by atoms with Gasteiger partial charge in [-0.15, -0.1) is 0 Å². The highest BCUT2D eigenvalue weighted by atomic mass is 16.6. The van der Waals surface area contributed by atoms with E-state index in [9.17, 15) is 9.90 Å². The third-order valence-electron chi connectivity index (χ3n) is 3.41. The monoisotopic (exact) mass is 359 g/mol. The number of alkyl carbamates (subject to hydrolysis) is 1. The second kappa shape index (κ2) is 8.47. The average Bonchev–Trinajstić information content (AvgIpc) is 2.58. The molecule has 0 fully saturated rings. The third-order valence-corrected chi connectivity index (χ3v) is 3.41. The standard InChI is InChI=1S/C20H25NO5/c1-20(2,3)26-19(23)21-11-12-25-18-10-7-15(13-17(18)22)14-5-8-16(24-4)9-6-14/h5-10,13,22H,11-12H2,1-4H3,(H,21,23). The summed E-state index contributed by atoms with van der Waals surface area (Å²) in [5.41, 5.74) is 1.28. The first-order valence-electron chi connectivity index (χ1n) is 8.35. The van der Waals surface area contributed by atoms with Crippen LogP contribution in [-0.4, -0.2) is 37.1 Å². The lowest BCUT2D eigenvalue weighted by Crippen LogP contribution is -2.34. The van der Waals surface area contributed by atoms with Crippen LogP contribution in [0, 0.1) is 0 Å². The molecule has 2 aromatic rings. The lowest BCUT2D eigenvalue weighted by atomic mass is 10.1. The number of phenols is 1. The Bertz CT molecular complexity index is 735. The number of carbonyl (C=O) groups is 1. The molecule has 2 N–H and O–H groups in total. The SMILES string of the molecule is COc1ccc(-c2ccc(OCCNC(=O)OC(C)(C)C)c(O)c2)cc1. The van der Waals surface area contributed by atoms with E-state index >= 15 is 0 Å². The van der Waals surface area contributed by atoms with Crippen LogP contribution in [0.25, 0.3) is 11.1 Å². The molecule has 2 rings (SSSR count). The topological polar surface area (TPSA) is 77.0 Å². The van der Waals surface area contributed by atoms with Gasteiger partial charge in [-0.1, -0.05) is 18.2 Å². The number of nitrogens with one attached hydrogen (secondary N) is 1. The van der Waals surface area contributed by atoms with Crippen LogP contribution in [0.3, 0.4) is 0 Å². The van der Waals surface area contributed by atoms with Crippen LogP contribution >= 0.6 is 0 Å². The Morgan fingerprint density at radius 3 is 2.31 bits per heavy atom. The maximum Gasteiger partial charge on any atom is 0.407 e. The summed E-state index contributed by atoms with van der Waals surface area (Å²) >= 11 is 0. The summed E-state index contributed by atoms with van der Waals surface area (Å²) in [6, 6.07) is 12.7. The first-order valence-corrected chi connectivity index (χ1v) is 8.35. The number of carbonyl (C=O) groups excluding carboxylic acids is 1. The summed E-state index contributed by atoms with van der Waals surface area (Å²) < 4.78 is 15.8. The minimum atomic E-state index is -0.541. The van der Waals surface area contributed by atoms with Gasteiger partial charge in [0.2, 0.25) is 0 Å².